The largest absolute Gasteiger partial charge is 0.322 e. The Morgan fingerprint density at radius 2 is 1.74 bits per heavy atom. The number of nitrogens with one attached hydrogen (secondary N) is 1. The number of anilines is 1. The Kier molecular flexibility index (Phi) is 3.98. The maximum absolute atomic E-state index is 12.6. The summed E-state index contributed by atoms with van der Waals surface area (Å²) in [6.45, 7) is 6.06. The summed E-state index contributed by atoms with van der Waals surface area (Å²) >= 11 is 0. The molecular weight excluding hydrogens is 286 g/mol. The second-order valence-electron chi connectivity index (χ2n) is 5.60. The second-order valence-corrected chi connectivity index (χ2v) is 5.60. The molecule has 0 unspecified atom stereocenters. The van der Waals surface area contributed by atoms with Gasteiger partial charge >= 0.3 is 0 Å². The number of benzene rings is 1. The molecule has 3 rings (SSSR count). The Balaban J connectivity index is 1.98. The van der Waals surface area contributed by atoms with E-state index in [1.807, 2.05) is 32.0 Å². The molecule has 23 heavy (non-hydrogen) atoms. The fraction of sp³-hybridized carbons (Fsp3) is 0.158. The molecule has 0 saturated heterocycles. The molecule has 0 bridgehead atoms. The number of aromatic nitrogens is 2. The van der Waals surface area contributed by atoms with E-state index in [9.17, 15) is 4.79 Å². The normalized spacial score (nSPS) is 10.6. The minimum absolute atomic E-state index is 0.107. The first-order valence-corrected chi connectivity index (χ1v) is 7.54. The van der Waals surface area contributed by atoms with Crippen LogP contribution < -0.4 is 5.32 Å². The predicted molar refractivity (Wildman–Crippen MR) is 92.2 cm³/mol. The highest BCUT2D eigenvalue weighted by molar-refractivity contribution is 6.05. The van der Waals surface area contributed by atoms with Crippen molar-refractivity contribution in [1.82, 2.24) is 9.55 Å². The van der Waals surface area contributed by atoms with Gasteiger partial charge in [0.2, 0.25) is 0 Å². The van der Waals surface area contributed by atoms with Crippen LogP contribution in [-0.2, 0) is 0 Å². The van der Waals surface area contributed by atoms with E-state index in [4.69, 9.17) is 0 Å². The number of nitrogens with zero attached hydrogens (tertiary/aromatic N) is 2. The zero-order chi connectivity index (χ0) is 16.4. The highest BCUT2D eigenvalue weighted by atomic mass is 16.1. The number of hydrogen-bond acceptors (Lipinski definition) is 2. The van der Waals surface area contributed by atoms with Crippen molar-refractivity contribution >= 4 is 11.6 Å². The van der Waals surface area contributed by atoms with Crippen molar-refractivity contribution in [2.24, 2.45) is 0 Å². The summed E-state index contributed by atoms with van der Waals surface area (Å²) in [7, 11) is 0. The van der Waals surface area contributed by atoms with Gasteiger partial charge in [-0.1, -0.05) is 18.2 Å². The molecule has 0 aliphatic heterocycles. The summed E-state index contributed by atoms with van der Waals surface area (Å²) in [5, 5.41) is 2.91. The van der Waals surface area contributed by atoms with E-state index in [0.29, 0.717) is 5.56 Å². The first kappa shape index (κ1) is 15.0. The molecule has 2 aromatic heterocycles. The van der Waals surface area contributed by atoms with Crippen LogP contribution in [0.1, 0.15) is 27.3 Å². The molecule has 2 heterocycles. The molecule has 4 nitrogen and oxygen atoms in total. The van der Waals surface area contributed by atoms with Crippen LogP contribution in [0.3, 0.4) is 0 Å². The van der Waals surface area contributed by atoms with Crippen molar-refractivity contribution in [1.29, 1.82) is 0 Å². The minimum atomic E-state index is -0.107. The number of amides is 1. The molecule has 3 aromatic rings. The summed E-state index contributed by atoms with van der Waals surface area (Å²) in [6.07, 6.45) is 3.32. The molecular formula is C19H19N3O. The lowest BCUT2D eigenvalue weighted by Crippen LogP contribution is -2.13. The number of aryl methyl sites for hydroxylation is 2. The summed E-state index contributed by atoms with van der Waals surface area (Å²) in [5.41, 5.74) is 5.68. The van der Waals surface area contributed by atoms with Crippen molar-refractivity contribution in [2.45, 2.75) is 20.8 Å². The monoisotopic (exact) mass is 305 g/mol. The van der Waals surface area contributed by atoms with Crippen LogP contribution in [0.15, 0.2) is 54.9 Å². The molecule has 4 heteroatoms. The quantitative estimate of drug-likeness (QED) is 0.793. The van der Waals surface area contributed by atoms with Gasteiger partial charge in [0.05, 0.1) is 5.56 Å². The summed E-state index contributed by atoms with van der Waals surface area (Å²) in [4.78, 5) is 16.5. The lowest BCUT2D eigenvalue weighted by molar-refractivity contribution is 0.102. The van der Waals surface area contributed by atoms with Crippen LogP contribution in [0.4, 0.5) is 5.69 Å². The lowest BCUT2D eigenvalue weighted by atomic mass is 10.2. The molecule has 116 valence electrons. The molecule has 0 aliphatic carbocycles. The summed E-state index contributed by atoms with van der Waals surface area (Å²) < 4.78 is 2.12. The highest BCUT2D eigenvalue weighted by Crippen LogP contribution is 2.23. The van der Waals surface area contributed by atoms with Crippen LogP contribution in [0.5, 0.6) is 0 Å². The van der Waals surface area contributed by atoms with Gasteiger partial charge in [0.15, 0.2) is 0 Å². The molecule has 0 fully saturated rings. The number of rotatable bonds is 3. The van der Waals surface area contributed by atoms with Gasteiger partial charge in [0.1, 0.15) is 0 Å². The van der Waals surface area contributed by atoms with Crippen molar-refractivity contribution < 1.29 is 4.79 Å². The minimum Gasteiger partial charge on any atom is -0.322 e. The second kappa shape index (κ2) is 6.08. The van der Waals surface area contributed by atoms with Gasteiger partial charge in [-0.3, -0.25) is 9.78 Å². The Hall–Kier alpha value is -2.88. The van der Waals surface area contributed by atoms with E-state index in [-0.39, 0.29) is 5.91 Å². The highest BCUT2D eigenvalue weighted by Gasteiger charge is 2.17. The van der Waals surface area contributed by atoms with E-state index in [2.05, 4.69) is 33.9 Å². The molecule has 1 aromatic carbocycles. The van der Waals surface area contributed by atoms with Gasteiger partial charge in [0.25, 0.3) is 5.91 Å². The van der Waals surface area contributed by atoms with Gasteiger partial charge in [-0.15, -0.1) is 0 Å². The topological polar surface area (TPSA) is 46.9 Å². The van der Waals surface area contributed by atoms with Gasteiger partial charge in [0, 0.05) is 35.2 Å². The fourth-order valence-electron chi connectivity index (χ4n) is 2.81. The standard InChI is InChI=1S/C19H19N3O/c1-13-6-4-5-7-18(13)22-14(2)12-17(15(22)3)19(23)21-16-8-10-20-11-9-16/h4-12H,1-3H3,(H,20,21,23). The van der Waals surface area contributed by atoms with Crippen molar-refractivity contribution in [3.05, 3.63) is 77.4 Å². The van der Waals surface area contributed by atoms with Gasteiger partial charge in [-0.2, -0.15) is 0 Å². The third-order valence-electron chi connectivity index (χ3n) is 3.97. The maximum Gasteiger partial charge on any atom is 0.257 e. The Labute approximate surface area is 135 Å². The average Bonchev–Trinajstić information content (AvgIpc) is 2.84. The van der Waals surface area contributed by atoms with Crippen molar-refractivity contribution in [3.63, 3.8) is 0 Å². The third-order valence-corrected chi connectivity index (χ3v) is 3.97. The van der Waals surface area contributed by atoms with Crippen LogP contribution in [0.25, 0.3) is 5.69 Å². The Morgan fingerprint density at radius 3 is 2.43 bits per heavy atom. The molecule has 0 saturated carbocycles. The SMILES string of the molecule is Cc1ccccc1-n1c(C)cc(C(=O)Nc2ccncc2)c1C. The first-order chi connectivity index (χ1) is 11.1. The molecule has 0 atom stereocenters. The molecule has 0 aliphatic rings. The number of carbonyl (C=O) groups excluding carboxylic acids is 1. The predicted octanol–water partition coefficient (Wildman–Crippen LogP) is 4.05. The van der Waals surface area contributed by atoms with E-state index in [1.165, 1.54) is 5.56 Å². The van der Waals surface area contributed by atoms with Crippen LogP contribution in [0, 0.1) is 20.8 Å². The van der Waals surface area contributed by atoms with Crippen LogP contribution in [0.2, 0.25) is 0 Å². The number of para-hydroxylation sites is 1. The van der Waals surface area contributed by atoms with Gasteiger partial charge in [-0.25, -0.2) is 0 Å². The van der Waals surface area contributed by atoms with Crippen LogP contribution >= 0.6 is 0 Å². The van der Waals surface area contributed by atoms with E-state index in [0.717, 1.165) is 22.8 Å². The molecule has 1 amide bonds. The van der Waals surface area contributed by atoms with Gasteiger partial charge < -0.3 is 9.88 Å². The maximum atomic E-state index is 12.6. The summed E-state index contributed by atoms with van der Waals surface area (Å²) in [6, 6.07) is 13.7. The van der Waals surface area contributed by atoms with Crippen LogP contribution in [-0.4, -0.2) is 15.5 Å². The van der Waals surface area contributed by atoms with Crippen molar-refractivity contribution in [3.8, 4) is 5.69 Å². The fourth-order valence-corrected chi connectivity index (χ4v) is 2.81. The number of pyridine rings is 1. The average molecular weight is 305 g/mol. The van der Waals surface area contributed by atoms with Gasteiger partial charge in [-0.05, 0) is 50.6 Å². The van der Waals surface area contributed by atoms with E-state index in [1.54, 1.807) is 24.5 Å². The lowest BCUT2D eigenvalue weighted by Gasteiger charge is -2.12. The Bertz CT molecular complexity index is 850. The van der Waals surface area contributed by atoms with E-state index < -0.39 is 0 Å². The molecule has 1 N–H and O–H groups in total. The summed E-state index contributed by atoms with van der Waals surface area (Å²) in [5.74, 6) is -0.107. The third kappa shape index (κ3) is 2.88. The smallest absolute Gasteiger partial charge is 0.257 e. The van der Waals surface area contributed by atoms with Crippen molar-refractivity contribution in [2.75, 3.05) is 5.32 Å². The van der Waals surface area contributed by atoms with E-state index >= 15 is 0 Å². The first-order valence-electron chi connectivity index (χ1n) is 7.54. The molecule has 0 spiro atoms. The zero-order valence-corrected chi connectivity index (χ0v) is 13.5. The molecule has 0 radical (unpaired) electrons. The zero-order valence-electron chi connectivity index (χ0n) is 13.5. The number of hydrogen-bond donors (Lipinski definition) is 1. The number of carbonyl (C=O) groups is 1. The Morgan fingerprint density at radius 1 is 1.04 bits per heavy atom.